The fourth-order valence-corrected chi connectivity index (χ4v) is 3.21. The summed E-state index contributed by atoms with van der Waals surface area (Å²) in [6, 6.07) is 0. The minimum Gasteiger partial charge on any atom is -0.305 e. The molecule has 4 heteroatoms. The maximum atomic E-state index is 12.3. The van der Waals surface area contributed by atoms with Crippen molar-refractivity contribution < 1.29 is 13.6 Å². The third-order valence-corrected chi connectivity index (χ3v) is 4.39. The Labute approximate surface area is 107 Å². The van der Waals surface area contributed by atoms with Crippen molar-refractivity contribution in [2.24, 2.45) is 11.3 Å². The molecule has 3 atom stereocenters. The lowest BCUT2D eigenvalue weighted by atomic mass is 9.91. The molecule has 0 amide bonds. The van der Waals surface area contributed by atoms with Crippen LogP contribution in [0.25, 0.3) is 0 Å². The molecule has 0 aromatic heterocycles. The second-order valence-electron chi connectivity index (χ2n) is 6.18. The predicted molar refractivity (Wildman–Crippen MR) is 73.5 cm³/mol. The van der Waals surface area contributed by atoms with E-state index in [1.54, 1.807) is 6.66 Å². The van der Waals surface area contributed by atoms with E-state index in [9.17, 15) is 4.57 Å². The summed E-state index contributed by atoms with van der Waals surface area (Å²) in [7, 11) is -2.97. The Morgan fingerprint density at radius 3 is 1.88 bits per heavy atom. The average molecular weight is 264 g/mol. The highest BCUT2D eigenvalue weighted by molar-refractivity contribution is 7.53. The standard InChI is InChI=1S/C13H29O3P/c1-9-12(10(2)3)16-17(8,14)15-11(4)13(5,6)7/h10-12H,9H2,1-8H3. The average Bonchev–Trinajstić information content (AvgIpc) is 2.11. The van der Waals surface area contributed by atoms with Gasteiger partial charge in [-0.2, -0.15) is 0 Å². The van der Waals surface area contributed by atoms with Crippen molar-refractivity contribution in [2.75, 3.05) is 6.66 Å². The zero-order valence-corrected chi connectivity index (χ0v) is 13.5. The van der Waals surface area contributed by atoms with Crippen LogP contribution in [0.15, 0.2) is 0 Å². The molecule has 0 aliphatic carbocycles. The summed E-state index contributed by atoms with van der Waals surface area (Å²) in [5, 5.41) is 0. The first-order valence-electron chi connectivity index (χ1n) is 6.44. The van der Waals surface area contributed by atoms with Crippen LogP contribution < -0.4 is 0 Å². The lowest BCUT2D eigenvalue weighted by molar-refractivity contribution is 0.0541. The minimum atomic E-state index is -2.97. The van der Waals surface area contributed by atoms with Crippen LogP contribution in [0.5, 0.6) is 0 Å². The lowest BCUT2D eigenvalue weighted by Gasteiger charge is -2.31. The van der Waals surface area contributed by atoms with Gasteiger partial charge in [0.25, 0.3) is 0 Å². The van der Waals surface area contributed by atoms with Crippen LogP contribution in [0.4, 0.5) is 0 Å². The van der Waals surface area contributed by atoms with E-state index in [4.69, 9.17) is 9.05 Å². The molecule has 0 spiro atoms. The molecule has 0 aliphatic heterocycles. The molecule has 0 bridgehead atoms. The van der Waals surface area contributed by atoms with Gasteiger partial charge in [-0.3, -0.25) is 4.57 Å². The first-order chi connectivity index (χ1) is 7.49. The van der Waals surface area contributed by atoms with Gasteiger partial charge in [0.1, 0.15) is 0 Å². The van der Waals surface area contributed by atoms with Crippen LogP contribution in [0, 0.1) is 11.3 Å². The van der Waals surface area contributed by atoms with Gasteiger partial charge in [-0.05, 0) is 24.7 Å². The zero-order chi connectivity index (χ0) is 13.9. The Bertz CT molecular complexity index is 260. The van der Waals surface area contributed by atoms with Crippen LogP contribution in [0.3, 0.4) is 0 Å². The van der Waals surface area contributed by atoms with Crippen molar-refractivity contribution >= 4 is 7.60 Å². The van der Waals surface area contributed by atoms with Crippen LogP contribution in [-0.2, 0) is 13.6 Å². The van der Waals surface area contributed by atoms with Crippen molar-refractivity contribution in [3.63, 3.8) is 0 Å². The number of hydrogen-bond donors (Lipinski definition) is 0. The maximum absolute atomic E-state index is 12.3. The summed E-state index contributed by atoms with van der Waals surface area (Å²) < 4.78 is 23.6. The summed E-state index contributed by atoms with van der Waals surface area (Å²) in [5.41, 5.74) is -0.0332. The van der Waals surface area contributed by atoms with Crippen LogP contribution >= 0.6 is 7.60 Å². The van der Waals surface area contributed by atoms with Crippen molar-refractivity contribution in [1.82, 2.24) is 0 Å². The molecule has 0 aromatic rings. The van der Waals surface area contributed by atoms with E-state index >= 15 is 0 Å². The highest BCUT2D eigenvalue weighted by atomic mass is 31.2. The van der Waals surface area contributed by atoms with Gasteiger partial charge in [-0.1, -0.05) is 41.5 Å². The van der Waals surface area contributed by atoms with E-state index in [2.05, 4.69) is 34.6 Å². The Hall–Kier alpha value is 0.150. The topological polar surface area (TPSA) is 35.5 Å². The van der Waals surface area contributed by atoms with Gasteiger partial charge in [0.05, 0.1) is 12.2 Å². The smallest absolute Gasteiger partial charge is 0.305 e. The molecule has 0 N–H and O–H groups in total. The van der Waals surface area contributed by atoms with Gasteiger partial charge >= 0.3 is 7.60 Å². The van der Waals surface area contributed by atoms with Crippen LogP contribution in [-0.4, -0.2) is 18.9 Å². The van der Waals surface area contributed by atoms with E-state index in [1.165, 1.54) is 0 Å². The summed E-state index contributed by atoms with van der Waals surface area (Å²) in [6.45, 7) is 15.9. The van der Waals surface area contributed by atoms with E-state index in [0.717, 1.165) is 6.42 Å². The fourth-order valence-electron chi connectivity index (χ4n) is 1.38. The maximum Gasteiger partial charge on any atom is 0.328 e. The molecule has 0 saturated heterocycles. The highest BCUT2D eigenvalue weighted by Crippen LogP contribution is 2.49. The SMILES string of the molecule is CCC(OP(C)(=O)OC(C)C(C)(C)C)C(C)C. The van der Waals surface area contributed by atoms with Crippen molar-refractivity contribution in [2.45, 2.75) is 67.1 Å². The summed E-state index contributed by atoms with van der Waals surface area (Å²) in [5.74, 6) is 0.349. The third kappa shape index (κ3) is 6.59. The van der Waals surface area contributed by atoms with Gasteiger partial charge in [0.2, 0.25) is 0 Å². The predicted octanol–water partition coefficient (Wildman–Crippen LogP) is 4.71. The first-order valence-corrected chi connectivity index (χ1v) is 8.43. The van der Waals surface area contributed by atoms with Gasteiger partial charge in [0.15, 0.2) is 0 Å². The Kier molecular flexibility index (Phi) is 6.41. The molecule has 3 unspecified atom stereocenters. The summed E-state index contributed by atoms with van der Waals surface area (Å²) >= 11 is 0. The molecule has 0 rings (SSSR count). The second kappa shape index (κ2) is 6.36. The normalized spacial score (nSPS) is 20.1. The Morgan fingerprint density at radius 1 is 1.12 bits per heavy atom. The van der Waals surface area contributed by atoms with Gasteiger partial charge < -0.3 is 9.05 Å². The van der Waals surface area contributed by atoms with E-state index in [-0.39, 0.29) is 17.6 Å². The highest BCUT2D eigenvalue weighted by Gasteiger charge is 2.31. The van der Waals surface area contributed by atoms with E-state index < -0.39 is 7.60 Å². The summed E-state index contributed by atoms with van der Waals surface area (Å²) in [6.07, 6.45) is 0.754. The summed E-state index contributed by atoms with van der Waals surface area (Å²) in [4.78, 5) is 0. The first kappa shape index (κ1) is 17.2. The Morgan fingerprint density at radius 2 is 1.59 bits per heavy atom. The van der Waals surface area contributed by atoms with Gasteiger partial charge in [0, 0.05) is 6.66 Å². The number of hydrogen-bond acceptors (Lipinski definition) is 3. The largest absolute Gasteiger partial charge is 0.328 e. The van der Waals surface area contributed by atoms with Crippen molar-refractivity contribution in [1.29, 1.82) is 0 Å². The molecule has 0 aromatic carbocycles. The van der Waals surface area contributed by atoms with Gasteiger partial charge in [-0.25, -0.2) is 0 Å². The molecule has 0 saturated carbocycles. The molecule has 3 nitrogen and oxygen atoms in total. The molecule has 0 aliphatic rings. The fraction of sp³-hybridized carbons (Fsp3) is 1.00. The Balaban J connectivity index is 4.54. The van der Waals surface area contributed by atoms with E-state index in [1.807, 2.05) is 13.8 Å². The molecule has 0 heterocycles. The quantitative estimate of drug-likeness (QED) is 0.652. The lowest BCUT2D eigenvalue weighted by Crippen LogP contribution is -2.26. The monoisotopic (exact) mass is 264 g/mol. The van der Waals surface area contributed by atoms with Gasteiger partial charge in [-0.15, -0.1) is 0 Å². The number of rotatable bonds is 6. The van der Waals surface area contributed by atoms with Crippen LogP contribution in [0.2, 0.25) is 0 Å². The molecule has 0 radical (unpaired) electrons. The van der Waals surface area contributed by atoms with Crippen LogP contribution in [0.1, 0.15) is 54.9 Å². The molecule has 104 valence electrons. The molecular weight excluding hydrogens is 235 g/mol. The minimum absolute atomic E-state index is 0.00185. The third-order valence-electron chi connectivity index (χ3n) is 3.04. The zero-order valence-electron chi connectivity index (χ0n) is 12.6. The second-order valence-corrected chi connectivity index (χ2v) is 8.15. The van der Waals surface area contributed by atoms with E-state index in [0.29, 0.717) is 5.92 Å². The molecular formula is C13H29O3P. The van der Waals surface area contributed by atoms with Crippen molar-refractivity contribution in [3.05, 3.63) is 0 Å². The van der Waals surface area contributed by atoms with Crippen molar-refractivity contribution in [3.8, 4) is 0 Å². The molecule has 0 fully saturated rings. The molecule has 17 heavy (non-hydrogen) atoms.